The lowest BCUT2D eigenvalue weighted by Gasteiger charge is -2.09. The molecule has 0 spiro atoms. The molecule has 1 N–H and O–H groups in total. The van der Waals surface area contributed by atoms with Crippen LogP contribution in [0.15, 0.2) is 36.5 Å². The number of hydrogen-bond acceptors (Lipinski definition) is 3. The van der Waals surface area contributed by atoms with E-state index in [9.17, 15) is 18.0 Å². The largest absolute Gasteiger partial charge is 0.573 e. The Balaban J connectivity index is 2.29. The molecule has 0 saturated heterocycles. The molecular weight excluding hydrogens is 311 g/mol. The van der Waals surface area contributed by atoms with Crippen LogP contribution in [0.1, 0.15) is 10.4 Å². The quantitative estimate of drug-likeness (QED) is 0.929. The molecule has 0 aliphatic heterocycles. The van der Waals surface area contributed by atoms with E-state index in [2.05, 4.69) is 9.72 Å². The van der Waals surface area contributed by atoms with Crippen LogP contribution in [-0.4, -0.2) is 22.4 Å². The van der Waals surface area contributed by atoms with Crippen LogP contribution in [0.3, 0.4) is 0 Å². The SMILES string of the molecule is O=C(O)c1cnc(-c2ccc(OC(F)(F)F)cc2)c(Cl)c1. The molecule has 0 unspecified atom stereocenters. The number of rotatable bonds is 3. The molecule has 21 heavy (non-hydrogen) atoms. The first-order valence-corrected chi connectivity index (χ1v) is 5.89. The van der Waals surface area contributed by atoms with Crippen molar-refractivity contribution in [2.24, 2.45) is 0 Å². The molecule has 1 heterocycles. The molecule has 0 amide bonds. The third kappa shape index (κ3) is 3.85. The molecule has 0 bridgehead atoms. The molecule has 0 aliphatic carbocycles. The van der Waals surface area contributed by atoms with Gasteiger partial charge in [-0.15, -0.1) is 13.2 Å². The number of ether oxygens (including phenoxy) is 1. The van der Waals surface area contributed by atoms with Gasteiger partial charge in [-0.1, -0.05) is 11.6 Å². The van der Waals surface area contributed by atoms with E-state index < -0.39 is 12.3 Å². The van der Waals surface area contributed by atoms with Crippen LogP contribution in [-0.2, 0) is 0 Å². The van der Waals surface area contributed by atoms with Crippen molar-refractivity contribution in [1.29, 1.82) is 0 Å². The second-order valence-corrected chi connectivity index (χ2v) is 4.34. The van der Waals surface area contributed by atoms with Crippen molar-refractivity contribution in [2.45, 2.75) is 6.36 Å². The molecule has 110 valence electrons. The number of hydrogen-bond donors (Lipinski definition) is 1. The fourth-order valence-corrected chi connectivity index (χ4v) is 1.86. The maximum Gasteiger partial charge on any atom is 0.573 e. The van der Waals surface area contributed by atoms with Gasteiger partial charge >= 0.3 is 12.3 Å². The van der Waals surface area contributed by atoms with E-state index in [-0.39, 0.29) is 22.0 Å². The number of halogens is 4. The minimum absolute atomic E-state index is 0.0826. The predicted molar refractivity (Wildman–Crippen MR) is 68.3 cm³/mol. The number of benzene rings is 1. The monoisotopic (exact) mass is 317 g/mol. The highest BCUT2D eigenvalue weighted by Gasteiger charge is 2.31. The predicted octanol–water partition coefficient (Wildman–Crippen LogP) is 4.00. The van der Waals surface area contributed by atoms with Gasteiger partial charge in [0.1, 0.15) is 5.75 Å². The van der Waals surface area contributed by atoms with Gasteiger partial charge in [-0.25, -0.2) is 4.79 Å². The number of aromatic carboxylic acids is 1. The Morgan fingerprint density at radius 1 is 1.24 bits per heavy atom. The zero-order valence-electron chi connectivity index (χ0n) is 10.2. The maximum absolute atomic E-state index is 12.0. The summed E-state index contributed by atoms with van der Waals surface area (Å²) in [5.74, 6) is -1.55. The first-order valence-electron chi connectivity index (χ1n) is 5.51. The summed E-state index contributed by atoms with van der Waals surface area (Å²) in [5.41, 5.74) is 0.618. The number of carbonyl (C=O) groups is 1. The second kappa shape index (κ2) is 5.61. The zero-order valence-corrected chi connectivity index (χ0v) is 10.9. The van der Waals surface area contributed by atoms with E-state index in [0.29, 0.717) is 5.56 Å². The van der Waals surface area contributed by atoms with Crippen LogP contribution in [0.25, 0.3) is 11.3 Å². The number of carboxylic acid groups (broad SMARTS) is 1. The normalized spacial score (nSPS) is 11.2. The third-order valence-electron chi connectivity index (χ3n) is 2.45. The van der Waals surface area contributed by atoms with Gasteiger partial charge in [0, 0.05) is 11.8 Å². The molecule has 8 heteroatoms. The fourth-order valence-electron chi connectivity index (χ4n) is 1.58. The van der Waals surface area contributed by atoms with E-state index in [1.165, 1.54) is 18.2 Å². The average Bonchev–Trinajstić information content (AvgIpc) is 2.38. The van der Waals surface area contributed by atoms with E-state index in [1.54, 1.807) is 0 Å². The van der Waals surface area contributed by atoms with Gasteiger partial charge in [0.15, 0.2) is 0 Å². The summed E-state index contributed by atoms with van der Waals surface area (Å²) in [6.07, 6.45) is -3.65. The van der Waals surface area contributed by atoms with Crippen molar-refractivity contribution in [1.82, 2.24) is 4.98 Å². The molecule has 1 aromatic heterocycles. The van der Waals surface area contributed by atoms with Gasteiger partial charge in [-0.05, 0) is 30.3 Å². The number of aromatic nitrogens is 1. The lowest BCUT2D eigenvalue weighted by atomic mass is 10.1. The third-order valence-corrected chi connectivity index (χ3v) is 2.74. The summed E-state index contributed by atoms with van der Waals surface area (Å²) < 4.78 is 39.9. The van der Waals surface area contributed by atoms with E-state index in [1.807, 2.05) is 0 Å². The van der Waals surface area contributed by atoms with Gasteiger partial charge in [0.2, 0.25) is 0 Å². The molecule has 2 aromatic rings. The maximum atomic E-state index is 12.0. The standard InChI is InChI=1S/C13H7ClF3NO3/c14-10-5-8(12(19)20)6-18-11(10)7-1-3-9(4-2-7)21-13(15,16)17/h1-6H,(H,19,20). The van der Waals surface area contributed by atoms with Crippen molar-refractivity contribution in [3.05, 3.63) is 47.1 Å². The van der Waals surface area contributed by atoms with Crippen LogP contribution >= 0.6 is 11.6 Å². The Morgan fingerprint density at radius 3 is 2.33 bits per heavy atom. The fraction of sp³-hybridized carbons (Fsp3) is 0.0769. The molecular formula is C13H7ClF3NO3. The highest BCUT2D eigenvalue weighted by molar-refractivity contribution is 6.33. The second-order valence-electron chi connectivity index (χ2n) is 3.93. The molecule has 4 nitrogen and oxygen atoms in total. The average molecular weight is 318 g/mol. The number of carboxylic acids is 1. The summed E-state index contributed by atoms with van der Waals surface area (Å²) in [5, 5.41) is 8.88. The Bertz CT molecular complexity index is 671. The van der Waals surface area contributed by atoms with Gasteiger partial charge in [-0.2, -0.15) is 0 Å². The van der Waals surface area contributed by atoms with E-state index in [4.69, 9.17) is 16.7 Å². The molecule has 0 aliphatic rings. The summed E-state index contributed by atoms with van der Waals surface area (Å²) in [6.45, 7) is 0. The van der Waals surface area contributed by atoms with E-state index in [0.717, 1.165) is 18.3 Å². The molecule has 0 radical (unpaired) electrons. The topological polar surface area (TPSA) is 59.4 Å². The highest BCUT2D eigenvalue weighted by atomic mass is 35.5. The molecule has 0 fully saturated rings. The highest BCUT2D eigenvalue weighted by Crippen LogP contribution is 2.29. The Kier molecular flexibility index (Phi) is 4.04. The van der Waals surface area contributed by atoms with Crippen molar-refractivity contribution in [2.75, 3.05) is 0 Å². The summed E-state index contributed by atoms with van der Waals surface area (Å²) in [6, 6.07) is 6.13. The van der Waals surface area contributed by atoms with Crippen LogP contribution in [0, 0.1) is 0 Å². The van der Waals surface area contributed by atoms with E-state index >= 15 is 0 Å². The van der Waals surface area contributed by atoms with Crippen LogP contribution < -0.4 is 4.74 Å². The Labute approximate surface area is 121 Å². The van der Waals surface area contributed by atoms with Gasteiger partial charge in [0.05, 0.1) is 16.3 Å². The van der Waals surface area contributed by atoms with Crippen molar-refractivity contribution in [3.8, 4) is 17.0 Å². The van der Waals surface area contributed by atoms with Gasteiger partial charge in [0.25, 0.3) is 0 Å². The van der Waals surface area contributed by atoms with Crippen LogP contribution in [0.2, 0.25) is 5.02 Å². The number of alkyl halides is 3. The minimum Gasteiger partial charge on any atom is -0.478 e. The molecule has 2 rings (SSSR count). The van der Waals surface area contributed by atoms with Crippen LogP contribution in [0.5, 0.6) is 5.75 Å². The summed E-state index contributed by atoms with van der Waals surface area (Å²) >= 11 is 5.92. The smallest absolute Gasteiger partial charge is 0.478 e. The van der Waals surface area contributed by atoms with Crippen molar-refractivity contribution in [3.63, 3.8) is 0 Å². The first kappa shape index (κ1) is 15.1. The lowest BCUT2D eigenvalue weighted by molar-refractivity contribution is -0.274. The summed E-state index contributed by atoms with van der Waals surface area (Å²) in [7, 11) is 0. The number of nitrogens with zero attached hydrogens (tertiary/aromatic N) is 1. The number of pyridine rings is 1. The summed E-state index contributed by atoms with van der Waals surface area (Å²) in [4.78, 5) is 14.7. The lowest BCUT2D eigenvalue weighted by Crippen LogP contribution is -2.16. The Hall–Kier alpha value is -2.28. The minimum atomic E-state index is -4.76. The zero-order chi connectivity index (χ0) is 15.6. The van der Waals surface area contributed by atoms with Crippen molar-refractivity contribution >= 4 is 17.6 Å². The Morgan fingerprint density at radius 2 is 1.86 bits per heavy atom. The van der Waals surface area contributed by atoms with Crippen molar-refractivity contribution < 1.29 is 27.8 Å². The van der Waals surface area contributed by atoms with Crippen LogP contribution in [0.4, 0.5) is 13.2 Å². The van der Waals surface area contributed by atoms with Gasteiger partial charge in [-0.3, -0.25) is 4.98 Å². The molecule has 0 atom stereocenters. The van der Waals surface area contributed by atoms with Gasteiger partial charge < -0.3 is 9.84 Å². The first-order chi connectivity index (χ1) is 9.76. The molecule has 0 saturated carbocycles. The molecule has 1 aromatic carbocycles.